The van der Waals surface area contributed by atoms with E-state index in [9.17, 15) is 0 Å². The molecule has 2 rings (SSSR count). The van der Waals surface area contributed by atoms with Gasteiger partial charge < -0.3 is 37.2 Å². The van der Waals surface area contributed by atoms with Crippen molar-refractivity contribution < 1.29 is 57.7 Å². The van der Waals surface area contributed by atoms with Gasteiger partial charge in [0.2, 0.25) is 0 Å². The van der Waals surface area contributed by atoms with Crippen LogP contribution in [0.2, 0.25) is 23.4 Å². The van der Waals surface area contributed by atoms with Crippen molar-refractivity contribution in [2.45, 2.75) is 50.6 Å². The molecule has 1 aliphatic carbocycles. The first-order chi connectivity index (χ1) is 9.12. The van der Waals surface area contributed by atoms with E-state index in [-0.39, 0.29) is 40.9 Å². The standard InChI is InChI=1S/C18H25Si.3ClH.Ti/c1-13-7-8-14(2)18(15(13)3)12-16-9-10-17(11-16)19(4,5)6;;;;/h7-11H,12H2,1-6H3;3*1H;/q;;;;+3/p-3. The molecule has 0 aliphatic heterocycles. The van der Waals surface area contributed by atoms with Crippen molar-refractivity contribution in [3.63, 3.8) is 0 Å². The molecule has 5 heteroatoms. The number of hydrogen-bond donors (Lipinski definition) is 0. The number of benzene rings is 1. The van der Waals surface area contributed by atoms with Crippen LogP contribution >= 0.6 is 0 Å². The third-order valence-electron chi connectivity index (χ3n) is 4.41. The summed E-state index contributed by atoms with van der Waals surface area (Å²) in [6, 6.07) is 4.51. The third-order valence-corrected chi connectivity index (χ3v) is 7.22. The van der Waals surface area contributed by atoms with Crippen molar-refractivity contribution in [2.24, 2.45) is 0 Å². The monoisotopic (exact) mass is 422 g/mol. The Morgan fingerprint density at radius 3 is 1.96 bits per heavy atom. The SMILES string of the molecule is Cc1ccc(C)c(C[C]2([Ti+3])C=CC([Si](C)(C)C)=C2)c1C.[Cl-].[Cl-].[Cl-]. The van der Waals surface area contributed by atoms with Gasteiger partial charge in [-0.2, -0.15) is 0 Å². The molecule has 1 aliphatic rings. The fourth-order valence-corrected chi connectivity index (χ4v) is 4.91. The molecule has 0 aromatic heterocycles. The molecule has 0 fully saturated rings. The van der Waals surface area contributed by atoms with Crippen LogP contribution in [0.15, 0.2) is 35.6 Å². The molecule has 0 radical (unpaired) electrons. The maximum atomic E-state index is 2.53. The van der Waals surface area contributed by atoms with Gasteiger partial charge in [-0.15, -0.1) is 0 Å². The summed E-state index contributed by atoms with van der Waals surface area (Å²) >= 11 is 2.37. The van der Waals surface area contributed by atoms with Crippen LogP contribution in [0.3, 0.4) is 0 Å². The quantitative estimate of drug-likeness (QED) is 0.438. The third kappa shape index (κ3) is 6.06. The first-order valence-corrected chi connectivity index (χ1v) is 11.6. The second-order valence-electron chi connectivity index (χ2n) is 7.20. The molecule has 0 N–H and O–H groups in total. The first kappa shape index (κ1) is 25.7. The van der Waals surface area contributed by atoms with E-state index in [0.29, 0.717) is 0 Å². The number of aryl methyl sites for hydroxylation is 2. The van der Waals surface area contributed by atoms with Gasteiger partial charge in [0.1, 0.15) is 0 Å². The molecule has 0 heterocycles. The summed E-state index contributed by atoms with van der Waals surface area (Å²) in [5, 5.41) is 1.60. The van der Waals surface area contributed by atoms with Gasteiger partial charge in [-0.05, 0) is 0 Å². The van der Waals surface area contributed by atoms with E-state index in [1.54, 1.807) is 5.20 Å². The molecular formula is C18H25Cl3SiTi. The topological polar surface area (TPSA) is 0 Å². The van der Waals surface area contributed by atoms with Crippen molar-refractivity contribution in [1.29, 1.82) is 0 Å². The molecule has 0 spiro atoms. The van der Waals surface area contributed by atoms with Gasteiger partial charge >= 0.3 is 137 Å². The van der Waals surface area contributed by atoms with Crippen molar-refractivity contribution in [1.82, 2.24) is 0 Å². The fourth-order valence-electron chi connectivity index (χ4n) is 2.76. The van der Waals surface area contributed by atoms with E-state index < -0.39 is 8.07 Å². The smallest absolute Gasteiger partial charge is 1.00 e. The van der Waals surface area contributed by atoms with Crippen LogP contribution in [-0.4, -0.2) is 8.07 Å². The molecular weight excluding hydrogens is 399 g/mol. The maximum absolute atomic E-state index is 2.53. The molecule has 126 valence electrons. The van der Waals surface area contributed by atoms with Crippen LogP contribution in [-0.2, 0) is 26.9 Å². The van der Waals surface area contributed by atoms with Crippen LogP contribution in [0.4, 0.5) is 0 Å². The minimum absolute atomic E-state index is 0. The van der Waals surface area contributed by atoms with Gasteiger partial charge in [0.15, 0.2) is 0 Å². The molecule has 0 nitrogen and oxygen atoms in total. The molecule has 0 saturated heterocycles. The Labute approximate surface area is 173 Å². The van der Waals surface area contributed by atoms with Gasteiger partial charge in [-0.3, -0.25) is 0 Å². The van der Waals surface area contributed by atoms with E-state index >= 15 is 0 Å². The summed E-state index contributed by atoms with van der Waals surface area (Å²) < 4.78 is 0.193. The summed E-state index contributed by atoms with van der Waals surface area (Å²) in [4.78, 5) is 0. The van der Waals surface area contributed by atoms with E-state index in [4.69, 9.17) is 0 Å². The molecule has 0 saturated carbocycles. The second-order valence-corrected chi connectivity index (χ2v) is 13.7. The molecule has 0 bridgehead atoms. The molecule has 0 amide bonds. The average Bonchev–Trinajstić information content (AvgIpc) is 2.73. The van der Waals surface area contributed by atoms with Gasteiger partial charge in [-0.1, -0.05) is 0 Å². The molecule has 1 unspecified atom stereocenters. The van der Waals surface area contributed by atoms with E-state index in [0.717, 1.165) is 6.42 Å². The van der Waals surface area contributed by atoms with Gasteiger partial charge in [0, 0.05) is 0 Å². The summed E-state index contributed by atoms with van der Waals surface area (Å²) in [6.45, 7) is 14.0. The van der Waals surface area contributed by atoms with Crippen molar-refractivity contribution >= 4 is 8.07 Å². The van der Waals surface area contributed by atoms with Crippen molar-refractivity contribution in [2.75, 3.05) is 0 Å². The fraction of sp³-hybridized carbons (Fsp3) is 0.444. The predicted molar refractivity (Wildman–Crippen MR) is 87.6 cm³/mol. The number of allylic oxidation sites excluding steroid dienone is 4. The van der Waals surface area contributed by atoms with E-state index in [1.165, 1.54) is 22.3 Å². The Kier molecular flexibility index (Phi) is 10.4. The zero-order valence-electron chi connectivity index (χ0n) is 14.7. The molecule has 1 atom stereocenters. The van der Waals surface area contributed by atoms with Crippen molar-refractivity contribution in [3.8, 4) is 0 Å². The second kappa shape index (κ2) is 9.27. The minimum atomic E-state index is -1.19. The zero-order chi connectivity index (χ0) is 15.1. The Morgan fingerprint density at radius 1 is 0.957 bits per heavy atom. The van der Waals surface area contributed by atoms with E-state index in [1.807, 2.05) is 0 Å². The van der Waals surface area contributed by atoms with Gasteiger partial charge in [-0.25, -0.2) is 0 Å². The summed E-state index contributed by atoms with van der Waals surface area (Å²) in [5.74, 6) is 0. The van der Waals surface area contributed by atoms with Crippen LogP contribution in [0.25, 0.3) is 0 Å². The Bertz CT molecular complexity index is 603. The predicted octanol–water partition coefficient (Wildman–Crippen LogP) is -3.75. The normalized spacial score (nSPS) is 19.4. The molecule has 1 aromatic rings. The minimum Gasteiger partial charge on any atom is -1.00 e. The largest absolute Gasteiger partial charge is 1.00 e. The van der Waals surface area contributed by atoms with Crippen molar-refractivity contribution in [3.05, 3.63) is 57.8 Å². The number of halogens is 3. The number of hydrogen-bond acceptors (Lipinski definition) is 0. The molecule has 23 heavy (non-hydrogen) atoms. The maximum Gasteiger partial charge on any atom is -1.00 e. The Hall–Kier alpha value is 0.501. The molecule has 1 aromatic carbocycles. The first-order valence-electron chi connectivity index (χ1n) is 7.36. The Balaban J connectivity index is 0. The van der Waals surface area contributed by atoms with Gasteiger partial charge in [0.25, 0.3) is 0 Å². The average molecular weight is 424 g/mol. The summed E-state index contributed by atoms with van der Waals surface area (Å²) in [5.41, 5.74) is 5.84. The zero-order valence-corrected chi connectivity index (χ0v) is 19.6. The summed E-state index contributed by atoms with van der Waals surface area (Å²) in [7, 11) is -1.19. The summed E-state index contributed by atoms with van der Waals surface area (Å²) in [6.07, 6.45) is 8.45. The van der Waals surface area contributed by atoms with Crippen LogP contribution < -0.4 is 37.2 Å². The van der Waals surface area contributed by atoms with E-state index in [2.05, 4.69) is 91.2 Å². The Morgan fingerprint density at radius 2 is 1.48 bits per heavy atom. The number of rotatable bonds is 3. The van der Waals surface area contributed by atoms with Crippen LogP contribution in [0.1, 0.15) is 22.3 Å². The van der Waals surface area contributed by atoms with Crippen LogP contribution in [0, 0.1) is 20.8 Å². The van der Waals surface area contributed by atoms with Crippen LogP contribution in [0.5, 0.6) is 0 Å². The van der Waals surface area contributed by atoms with Gasteiger partial charge in [0.05, 0.1) is 0 Å².